The maximum Gasteiger partial charge on any atom is 0.172 e. The summed E-state index contributed by atoms with van der Waals surface area (Å²) in [5.74, 6) is 1.40. The fourth-order valence-corrected chi connectivity index (χ4v) is 2.52. The van der Waals surface area contributed by atoms with Gasteiger partial charge < -0.3 is 4.74 Å². The van der Waals surface area contributed by atoms with Crippen LogP contribution in [-0.4, -0.2) is 9.97 Å². The van der Waals surface area contributed by atoms with Crippen molar-refractivity contribution in [3.8, 4) is 5.75 Å². The highest BCUT2D eigenvalue weighted by Gasteiger charge is 2.27. The second-order valence-corrected chi connectivity index (χ2v) is 5.69. The maximum atomic E-state index is 6.01. The molecule has 6 heteroatoms. The monoisotopic (exact) mass is 392 g/mol. The van der Waals surface area contributed by atoms with E-state index in [0.29, 0.717) is 19.7 Å². The first-order chi connectivity index (χ1) is 8.65. The standard InChI is InChI=1S/C12H7Cl2IN2O/c13-10-9(15)11(14)17-12(16-10)8-5-6-3-1-2-4-7(6)18-8/h1-4,8H,5H2. The molecular weight excluding hydrogens is 386 g/mol. The van der Waals surface area contributed by atoms with Gasteiger partial charge in [0.1, 0.15) is 16.1 Å². The van der Waals surface area contributed by atoms with Gasteiger partial charge in [0.15, 0.2) is 11.9 Å². The molecule has 0 saturated carbocycles. The third-order valence-electron chi connectivity index (χ3n) is 2.72. The van der Waals surface area contributed by atoms with Gasteiger partial charge in [0.05, 0.1) is 3.57 Å². The molecule has 0 spiro atoms. The summed E-state index contributed by atoms with van der Waals surface area (Å²) >= 11 is 14.0. The van der Waals surface area contributed by atoms with Crippen molar-refractivity contribution in [2.75, 3.05) is 0 Å². The van der Waals surface area contributed by atoms with E-state index in [2.05, 4.69) is 9.97 Å². The lowest BCUT2D eigenvalue weighted by Crippen LogP contribution is -2.09. The summed E-state index contributed by atoms with van der Waals surface area (Å²) in [7, 11) is 0. The number of benzene rings is 1. The van der Waals surface area contributed by atoms with Crippen molar-refractivity contribution in [3.05, 3.63) is 49.5 Å². The predicted octanol–water partition coefficient (Wildman–Crippen LogP) is 4.06. The lowest BCUT2D eigenvalue weighted by Gasteiger charge is -2.10. The molecule has 18 heavy (non-hydrogen) atoms. The predicted molar refractivity (Wildman–Crippen MR) is 78.3 cm³/mol. The molecule has 0 N–H and O–H groups in total. The van der Waals surface area contributed by atoms with E-state index >= 15 is 0 Å². The summed E-state index contributed by atoms with van der Waals surface area (Å²) < 4.78 is 6.46. The van der Waals surface area contributed by atoms with Gasteiger partial charge in [-0.15, -0.1) is 0 Å². The molecule has 1 unspecified atom stereocenters. The highest BCUT2D eigenvalue weighted by molar-refractivity contribution is 14.1. The van der Waals surface area contributed by atoms with E-state index < -0.39 is 0 Å². The molecule has 1 aliphatic heterocycles. The largest absolute Gasteiger partial charge is 0.482 e. The van der Waals surface area contributed by atoms with Gasteiger partial charge in [0.2, 0.25) is 0 Å². The fourth-order valence-electron chi connectivity index (χ4n) is 1.88. The Balaban J connectivity index is 1.95. The number of rotatable bonds is 1. The first-order valence-corrected chi connectivity index (χ1v) is 7.11. The van der Waals surface area contributed by atoms with Crippen molar-refractivity contribution in [2.45, 2.75) is 12.5 Å². The van der Waals surface area contributed by atoms with E-state index in [1.54, 1.807) is 0 Å². The number of hydrogen-bond acceptors (Lipinski definition) is 3. The van der Waals surface area contributed by atoms with E-state index in [9.17, 15) is 0 Å². The quantitative estimate of drug-likeness (QED) is 0.542. The Morgan fingerprint density at radius 1 is 1.17 bits per heavy atom. The van der Waals surface area contributed by atoms with Crippen LogP contribution < -0.4 is 4.74 Å². The van der Waals surface area contributed by atoms with Crippen LogP contribution in [0.15, 0.2) is 24.3 Å². The molecule has 3 rings (SSSR count). The van der Waals surface area contributed by atoms with Crippen LogP contribution in [0.25, 0.3) is 0 Å². The van der Waals surface area contributed by atoms with Gasteiger partial charge in [-0.05, 0) is 34.2 Å². The summed E-state index contributed by atoms with van der Waals surface area (Å²) in [5.41, 5.74) is 1.15. The lowest BCUT2D eigenvalue weighted by atomic mass is 10.1. The number of halogens is 3. The minimum Gasteiger partial charge on any atom is -0.482 e. The molecule has 2 aromatic rings. The Labute approximate surface area is 128 Å². The van der Waals surface area contributed by atoms with Gasteiger partial charge in [0, 0.05) is 6.42 Å². The molecular formula is C12H7Cl2IN2O. The molecule has 1 aromatic heterocycles. The molecule has 92 valence electrons. The van der Waals surface area contributed by atoms with Crippen molar-refractivity contribution in [3.63, 3.8) is 0 Å². The summed E-state index contributed by atoms with van der Waals surface area (Å²) in [4.78, 5) is 8.47. The van der Waals surface area contributed by atoms with E-state index in [0.717, 1.165) is 17.7 Å². The molecule has 0 aliphatic carbocycles. The van der Waals surface area contributed by atoms with Gasteiger partial charge in [-0.3, -0.25) is 0 Å². The van der Waals surface area contributed by atoms with Crippen LogP contribution in [0.2, 0.25) is 10.3 Å². The zero-order valence-corrected chi connectivity index (χ0v) is 12.7. The van der Waals surface area contributed by atoms with Crippen molar-refractivity contribution in [1.29, 1.82) is 0 Å². The minimum absolute atomic E-state index is 0.214. The number of nitrogens with zero attached hydrogens (tertiary/aromatic N) is 2. The van der Waals surface area contributed by atoms with Crippen molar-refractivity contribution < 1.29 is 4.74 Å². The molecule has 2 heterocycles. The van der Waals surface area contributed by atoms with Crippen molar-refractivity contribution >= 4 is 45.8 Å². The number of aromatic nitrogens is 2. The Morgan fingerprint density at radius 2 is 1.83 bits per heavy atom. The van der Waals surface area contributed by atoms with E-state index in [1.165, 1.54) is 0 Å². The Kier molecular flexibility index (Phi) is 3.34. The van der Waals surface area contributed by atoms with Gasteiger partial charge in [-0.2, -0.15) is 0 Å². The van der Waals surface area contributed by atoms with Crippen LogP contribution in [0, 0.1) is 3.57 Å². The van der Waals surface area contributed by atoms with Crippen molar-refractivity contribution in [2.24, 2.45) is 0 Å². The molecule has 1 aliphatic rings. The van der Waals surface area contributed by atoms with E-state index in [4.69, 9.17) is 27.9 Å². The molecule has 0 fully saturated rings. The average molecular weight is 393 g/mol. The summed E-state index contributed by atoms with van der Waals surface area (Å²) in [6.45, 7) is 0. The highest BCUT2D eigenvalue weighted by atomic mass is 127. The Morgan fingerprint density at radius 3 is 2.50 bits per heavy atom. The average Bonchev–Trinajstić information content (AvgIpc) is 2.79. The van der Waals surface area contributed by atoms with Crippen LogP contribution in [0.5, 0.6) is 5.75 Å². The number of hydrogen-bond donors (Lipinski definition) is 0. The van der Waals surface area contributed by atoms with Crippen LogP contribution in [0.4, 0.5) is 0 Å². The Bertz CT molecular complexity index is 573. The molecule has 0 bridgehead atoms. The maximum absolute atomic E-state index is 6.01. The van der Waals surface area contributed by atoms with Crippen LogP contribution in [0.3, 0.4) is 0 Å². The highest BCUT2D eigenvalue weighted by Crippen LogP contribution is 2.36. The summed E-state index contributed by atoms with van der Waals surface area (Å²) in [5, 5.41) is 0.732. The zero-order valence-electron chi connectivity index (χ0n) is 9.03. The van der Waals surface area contributed by atoms with Gasteiger partial charge >= 0.3 is 0 Å². The lowest BCUT2D eigenvalue weighted by molar-refractivity contribution is 0.227. The zero-order chi connectivity index (χ0) is 12.7. The van der Waals surface area contributed by atoms with Gasteiger partial charge in [0.25, 0.3) is 0 Å². The minimum atomic E-state index is -0.214. The number of para-hydroxylation sites is 1. The first kappa shape index (κ1) is 12.4. The van der Waals surface area contributed by atoms with E-state index in [-0.39, 0.29) is 6.10 Å². The van der Waals surface area contributed by atoms with E-state index in [1.807, 2.05) is 46.9 Å². The molecule has 1 atom stereocenters. The van der Waals surface area contributed by atoms with Gasteiger partial charge in [-0.25, -0.2) is 9.97 Å². The van der Waals surface area contributed by atoms with Crippen LogP contribution >= 0.6 is 45.8 Å². The SMILES string of the molecule is Clc1nc(C2Cc3ccccc3O2)nc(Cl)c1I. The van der Waals surface area contributed by atoms with Crippen LogP contribution in [-0.2, 0) is 6.42 Å². The second kappa shape index (κ2) is 4.83. The summed E-state index contributed by atoms with van der Waals surface area (Å²) in [6, 6.07) is 7.89. The molecule has 0 saturated heterocycles. The molecule has 3 nitrogen and oxygen atoms in total. The molecule has 0 radical (unpaired) electrons. The first-order valence-electron chi connectivity index (χ1n) is 5.28. The second-order valence-electron chi connectivity index (χ2n) is 3.90. The van der Waals surface area contributed by atoms with Crippen LogP contribution in [0.1, 0.15) is 17.5 Å². The molecule has 1 aromatic carbocycles. The molecule has 0 amide bonds. The summed E-state index contributed by atoms with van der Waals surface area (Å²) in [6.07, 6.45) is 0.526. The topological polar surface area (TPSA) is 35.0 Å². The fraction of sp³-hybridized carbons (Fsp3) is 0.167. The number of ether oxygens (including phenoxy) is 1. The normalized spacial score (nSPS) is 17.4. The number of fused-ring (bicyclic) bond motifs is 1. The van der Waals surface area contributed by atoms with Crippen molar-refractivity contribution in [1.82, 2.24) is 9.97 Å². The smallest absolute Gasteiger partial charge is 0.172 e. The third kappa shape index (κ3) is 2.17. The Hall–Kier alpha value is -0.590. The van der Waals surface area contributed by atoms with Gasteiger partial charge in [-0.1, -0.05) is 41.4 Å². The third-order valence-corrected chi connectivity index (χ3v) is 4.93.